The minimum atomic E-state index is 0.530. The predicted molar refractivity (Wildman–Crippen MR) is 165 cm³/mol. The number of hydrogen-bond acceptors (Lipinski definition) is 0. The van der Waals surface area contributed by atoms with Crippen LogP contribution in [0.4, 0.5) is 0 Å². The Balaban J connectivity index is 2.30. The average Bonchev–Trinajstić information content (AvgIpc) is 3.26. The molecule has 0 unspecified atom stereocenters. The fraction of sp³-hybridized carbons (Fsp3) is 0.562. The van der Waals surface area contributed by atoms with Crippen molar-refractivity contribution < 1.29 is 0 Å². The summed E-state index contributed by atoms with van der Waals surface area (Å²) >= 11 is 0. The molecule has 0 aliphatic rings. The van der Waals surface area contributed by atoms with Gasteiger partial charge in [-0.1, -0.05) is 117 Å². The van der Waals surface area contributed by atoms with Gasteiger partial charge >= 0.3 is 0 Å². The maximum absolute atomic E-state index is 2.51. The highest BCUT2D eigenvalue weighted by Crippen LogP contribution is 2.58. The van der Waals surface area contributed by atoms with Crippen LogP contribution in [-0.2, 0) is 0 Å². The zero-order chi connectivity index (χ0) is 26.2. The van der Waals surface area contributed by atoms with E-state index in [1.165, 1.54) is 35.1 Å². The van der Waals surface area contributed by atoms with Crippen LogP contribution in [0.15, 0.2) is 24.3 Å². The Morgan fingerprint density at radius 2 is 0.686 bits per heavy atom. The molecule has 0 aliphatic heterocycles. The Kier molecular flexibility index (Phi) is 9.53. The van der Waals surface area contributed by atoms with Gasteiger partial charge in [-0.2, -0.15) is 0 Å². The van der Waals surface area contributed by atoms with Gasteiger partial charge in [-0.3, -0.25) is 15.7 Å². The molecule has 2 aromatic carbocycles. The quantitative estimate of drug-likeness (QED) is 0.275. The molecule has 0 bridgehead atoms. The van der Waals surface area contributed by atoms with Crippen molar-refractivity contribution in [1.82, 2.24) is 0 Å². The third kappa shape index (κ3) is 6.15. The standard InChI is InChI=1S/C32H46P3/c1-17(2)23-13-25(19(5)6)29(26(14-23)20(7)8)31-33-32(35-34-31)30-27(21(9)10)15-24(18(3)4)16-28(30)22(11)12/h13-22H,1-12H3/q-1. The maximum Gasteiger partial charge on any atom is -0.0213 e. The fourth-order valence-electron chi connectivity index (χ4n) is 4.88. The van der Waals surface area contributed by atoms with E-state index in [0.717, 1.165) is 0 Å². The maximum atomic E-state index is 2.51. The number of rotatable bonds is 8. The molecule has 0 spiro atoms. The van der Waals surface area contributed by atoms with Crippen molar-refractivity contribution in [2.24, 2.45) is 0 Å². The van der Waals surface area contributed by atoms with Crippen molar-refractivity contribution in [3.05, 3.63) is 57.6 Å². The van der Waals surface area contributed by atoms with E-state index < -0.39 is 0 Å². The van der Waals surface area contributed by atoms with Crippen LogP contribution in [0.25, 0.3) is 21.2 Å². The summed E-state index contributed by atoms with van der Waals surface area (Å²) in [6.07, 6.45) is 0. The highest BCUT2D eigenvalue weighted by Gasteiger charge is 2.20. The van der Waals surface area contributed by atoms with Gasteiger partial charge < -0.3 is 0 Å². The molecule has 1 heterocycles. The topological polar surface area (TPSA) is 0 Å². The first kappa shape index (κ1) is 28.6. The number of hydrogen-bond donors (Lipinski definition) is 0. The average molecular weight is 524 g/mol. The summed E-state index contributed by atoms with van der Waals surface area (Å²) in [6, 6.07) is 10.1. The number of benzene rings is 2. The molecule has 0 fully saturated rings. The zero-order valence-electron chi connectivity index (χ0n) is 24.1. The molecular weight excluding hydrogens is 477 g/mol. The van der Waals surface area contributed by atoms with Gasteiger partial charge in [0.1, 0.15) is 0 Å². The summed E-state index contributed by atoms with van der Waals surface area (Å²) in [6.45, 7) is 28.3. The lowest BCUT2D eigenvalue weighted by atomic mass is 9.85. The van der Waals surface area contributed by atoms with E-state index in [2.05, 4.69) is 107 Å². The van der Waals surface area contributed by atoms with Crippen molar-refractivity contribution in [2.75, 3.05) is 0 Å². The van der Waals surface area contributed by atoms with E-state index >= 15 is 0 Å². The lowest BCUT2D eigenvalue weighted by molar-refractivity contribution is 0.808. The molecule has 0 aliphatic carbocycles. The van der Waals surface area contributed by atoms with E-state index in [1.54, 1.807) is 43.4 Å². The van der Waals surface area contributed by atoms with Crippen LogP contribution in [0, 0.1) is 0 Å². The highest BCUT2D eigenvalue weighted by molar-refractivity contribution is 8.00. The first-order valence-corrected chi connectivity index (χ1v) is 17.0. The second-order valence-corrected chi connectivity index (χ2v) is 16.4. The van der Waals surface area contributed by atoms with Crippen LogP contribution < -0.4 is 0 Å². The van der Waals surface area contributed by atoms with Crippen molar-refractivity contribution in [2.45, 2.75) is 119 Å². The Hall–Kier alpha value is -0.920. The van der Waals surface area contributed by atoms with Crippen molar-refractivity contribution >= 4 is 23.9 Å². The van der Waals surface area contributed by atoms with Crippen molar-refractivity contribution in [1.29, 1.82) is 0 Å². The first-order chi connectivity index (χ1) is 16.3. The molecule has 3 heteroatoms. The molecule has 1 aromatic heterocycles. The van der Waals surface area contributed by atoms with Crippen LogP contribution in [0.3, 0.4) is 0 Å². The van der Waals surface area contributed by atoms with Crippen LogP contribution >= 0.6 is 23.9 Å². The van der Waals surface area contributed by atoms with Gasteiger partial charge in [0.2, 0.25) is 0 Å². The molecule has 0 N–H and O–H groups in total. The summed E-state index contributed by atoms with van der Waals surface area (Å²) < 4.78 is 0. The summed E-state index contributed by atoms with van der Waals surface area (Å²) in [7, 11) is 4.37. The van der Waals surface area contributed by atoms with Gasteiger partial charge in [0.25, 0.3) is 0 Å². The Bertz CT molecular complexity index is 1010. The Morgan fingerprint density at radius 3 is 0.886 bits per heavy atom. The monoisotopic (exact) mass is 523 g/mol. The summed E-state index contributed by atoms with van der Waals surface area (Å²) in [5.74, 6) is 3.24. The second kappa shape index (κ2) is 11.6. The molecule has 190 valence electrons. The van der Waals surface area contributed by atoms with Gasteiger partial charge in [0.05, 0.1) is 0 Å². The normalized spacial score (nSPS) is 13.1. The molecule has 0 amide bonds. The van der Waals surface area contributed by atoms with Gasteiger partial charge in [0.15, 0.2) is 0 Å². The van der Waals surface area contributed by atoms with Crippen LogP contribution in [0.2, 0.25) is 0 Å². The third-order valence-corrected chi connectivity index (χ3v) is 12.6. The van der Waals surface area contributed by atoms with Gasteiger partial charge in [0, 0.05) is 0 Å². The molecule has 0 atom stereocenters. The minimum absolute atomic E-state index is 0.530. The van der Waals surface area contributed by atoms with E-state index in [-0.39, 0.29) is 0 Å². The fourth-order valence-corrected chi connectivity index (χ4v) is 10.7. The van der Waals surface area contributed by atoms with Crippen molar-refractivity contribution in [3.63, 3.8) is 0 Å². The van der Waals surface area contributed by atoms with Crippen molar-refractivity contribution in [3.8, 4) is 21.2 Å². The molecule has 0 saturated heterocycles. The van der Waals surface area contributed by atoms with Crippen LogP contribution in [0.1, 0.15) is 152 Å². The van der Waals surface area contributed by atoms with E-state index in [9.17, 15) is 0 Å². The molecule has 0 saturated carbocycles. The Morgan fingerprint density at radius 1 is 0.429 bits per heavy atom. The highest BCUT2D eigenvalue weighted by atomic mass is 31.8. The van der Waals surface area contributed by atoms with E-state index in [0.29, 0.717) is 35.5 Å². The van der Waals surface area contributed by atoms with Gasteiger partial charge in [-0.15, -0.1) is 0 Å². The molecule has 0 radical (unpaired) electrons. The molecular formula is C32H46P3-. The lowest BCUT2D eigenvalue weighted by Crippen LogP contribution is -2.02. The van der Waals surface area contributed by atoms with Gasteiger partial charge in [-0.25, -0.2) is 8.19 Å². The molecule has 35 heavy (non-hydrogen) atoms. The van der Waals surface area contributed by atoms with Crippen LogP contribution in [-0.4, -0.2) is 0 Å². The summed E-state index contributed by atoms with van der Waals surface area (Å²) in [4.78, 5) is 0. The first-order valence-electron chi connectivity index (χ1n) is 13.6. The molecule has 3 rings (SSSR count). The van der Waals surface area contributed by atoms with Gasteiger partial charge in [-0.05, 0) is 80.0 Å². The smallest absolute Gasteiger partial charge is 0.0213 e. The largest absolute Gasteiger partial charge is 0.269 e. The summed E-state index contributed by atoms with van der Waals surface area (Å²) in [5, 5.41) is 3.23. The predicted octanol–water partition coefficient (Wildman–Crippen LogP) is 13.2. The van der Waals surface area contributed by atoms with Crippen LogP contribution in [0.5, 0.6) is 0 Å². The summed E-state index contributed by atoms with van der Waals surface area (Å²) in [5.41, 5.74) is 12.3. The van der Waals surface area contributed by atoms with E-state index in [1.807, 2.05) is 0 Å². The SMILES string of the molecule is CC(C)c1cc(C(C)C)c(-c2ppc(-c3c(C(C)C)cc(C(C)C)cc3C(C)C)[p-]2)c(C(C)C)c1. The third-order valence-electron chi connectivity index (χ3n) is 7.16. The molecule has 0 nitrogen and oxygen atoms in total. The van der Waals surface area contributed by atoms with E-state index in [4.69, 9.17) is 0 Å². The second-order valence-electron chi connectivity index (χ2n) is 12.0. The molecule has 3 aromatic rings. The zero-order valence-corrected chi connectivity index (χ0v) is 26.8. The lowest BCUT2D eigenvalue weighted by Gasteiger charge is -2.25. The Labute approximate surface area is 220 Å². The minimum Gasteiger partial charge on any atom is -0.269 e.